The van der Waals surface area contributed by atoms with Crippen LogP contribution in [0.2, 0.25) is 0 Å². The molecule has 0 spiro atoms. The zero-order valence-corrected chi connectivity index (χ0v) is 12.4. The maximum atomic E-state index is 13.2. The third-order valence-corrected chi connectivity index (χ3v) is 4.56. The molecule has 1 fully saturated rings. The van der Waals surface area contributed by atoms with Gasteiger partial charge in [0, 0.05) is 16.7 Å². The molecule has 1 aliphatic carbocycles. The lowest BCUT2D eigenvalue weighted by Crippen LogP contribution is -2.51. The molecule has 1 aromatic rings. The van der Waals surface area contributed by atoms with Crippen molar-refractivity contribution in [1.82, 2.24) is 5.32 Å². The Bertz CT molecular complexity index is 523. The molecule has 2 nitrogen and oxygen atoms in total. The van der Waals surface area contributed by atoms with Crippen molar-refractivity contribution in [2.75, 3.05) is 5.75 Å². The maximum absolute atomic E-state index is 13.2. The van der Waals surface area contributed by atoms with E-state index in [0.29, 0.717) is 16.6 Å². The molecular weight excluding hydrogens is 278 g/mol. The van der Waals surface area contributed by atoms with Gasteiger partial charge >= 0.3 is 0 Å². The normalized spacial score (nSPS) is 17.8. The lowest BCUT2D eigenvalue weighted by molar-refractivity contribution is 0.370. The van der Waals surface area contributed by atoms with Crippen LogP contribution in [0.1, 0.15) is 26.7 Å². The smallest absolute Gasteiger partial charge is 0.159 e. The monoisotopic (exact) mass is 296 g/mol. The van der Waals surface area contributed by atoms with E-state index in [4.69, 9.17) is 0 Å². The summed E-state index contributed by atoms with van der Waals surface area (Å²) in [4.78, 5) is 0.648. The molecule has 1 saturated carbocycles. The number of halogens is 2. The van der Waals surface area contributed by atoms with Crippen LogP contribution in [0.15, 0.2) is 23.1 Å². The second kappa shape index (κ2) is 6.11. The molecule has 0 heterocycles. The molecule has 1 unspecified atom stereocenters. The molecule has 1 N–H and O–H groups in total. The standard InChI is InChI=1S/C15H18F2N2S/c1-10(2)19-15(8-18,11-3-4-11)9-20-12-5-6-13(16)14(17)7-12/h5-7,10-11,19H,3-4,9H2,1-2H3. The molecule has 1 aromatic carbocycles. The summed E-state index contributed by atoms with van der Waals surface area (Å²) in [6.45, 7) is 4.02. The highest BCUT2D eigenvalue weighted by Crippen LogP contribution is 2.42. The average Bonchev–Trinajstić information content (AvgIpc) is 3.23. The zero-order valence-electron chi connectivity index (χ0n) is 11.6. The quantitative estimate of drug-likeness (QED) is 0.813. The summed E-state index contributed by atoms with van der Waals surface area (Å²) < 4.78 is 26.1. The summed E-state index contributed by atoms with van der Waals surface area (Å²) in [7, 11) is 0. The summed E-state index contributed by atoms with van der Waals surface area (Å²) in [6.07, 6.45) is 2.09. The minimum atomic E-state index is -0.846. The van der Waals surface area contributed by atoms with E-state index in [1.165, 1.54) is 17.8 Å². The van der Waals surface area contributed by atoms with E-state index >= 15 is 0 Å². The minimum Gasteiger partial charge on any atom is -0.296 e. The predicted molar refractivity (Wildman–Crippen MR) is 76.4 cm³/mol. The van der Waals surface area contributed by atoms with Gasteiger partial charge in [-0.3, -0.25) is 5.32 Å². The fourth-order valence-electron chi connectivity index (χ4n) is 2.29. The number of hydrogen-bond donors (Lipinski definition) is 1. The van der Waals surface area contributed by atoms with Crippen molar-refractivity contribution in [3.8, 4) is 6.07 Å². The van der Waals surface area contributed by atoms with Crippen molar-refractivity contribution >= 4 is 11.8 Å². The Balaban J connectivity index is 2.08. The van der Waals surface area contributed by atoms with E-state index in [9.17, 15) is 14.0 Å². The first-order chi connectivity index (χ1) is 9.47. The lowest BCUT2D eigenvalue weighted by Gasteiger charge is -2.30. The summed E-state index contributed by atoms with van der Waals surface area (Å²) >= 11 is 1.39. The Morgan fingerprint density at radius 2 is 2.10 bits per heavy atom. The van der Waals surface area contributed by atoms with Gasteiger partial charge in [-0.25, -0.2) is 8.78 Å². The molecule has 5 heteroatoms. The minimum absolute atomic E-state index is 0.209. The van der Waals surface area contributed by atoms with Crippen LogP contribution in [0.3, 0.4) is 0 Å². The highest BCUT2D eigenvalue weighted by Gasteiger charge is 2.45. The van der Waals surface area contributed by atoms with Crippen LogP contribution in [0.5, 0.6) is 0 Å². The second-order valence-electron chi connectivity index (χ2n) is 5.52. The summed E-state index contributed by atoms with van der Waals surface area (Å²) in [5.41, 5.74) is -0.580. The van der Waals surface area contributed by atoms with Crippen molar-refractivity contribution in [3.63, 3.8) is 0 Å². The first kappa shape index (κ1) is 15.3. The molecule has 2 rings (SSSR count). The molecule has 1 atom stereocenters. The largest absolute Gasteiger partial charge is 0.296 e. The van der Waals surface area contributed by atoms with Crippen LogP contribution in [0, 0.1) is 28.9 Å². The van der Waals surface area contributed by atoms with E-state index < -0.39 is 17.2 Å². The van der Waals surface area contributed by atoms with Crippen molar-refractivity contribution < 1.29 is 8.78 Å². The van der Waals surface area contributed by atoms with Gasteiger partial charge in [-0.15, -0.1) is 11.8 Å². The van der Waals surface area contributed by atoms with Gasteiger partial charge < -0.3 is 0 Å². The van der Waals surface area contributed by atoms with Gasteiger partial charge in [-0.05, 0) is 50.8 Å². The van der Waals surface area contributed by atoms with E-state index in [1.54, 1.807) is 6.07 Å². The van der Waals surface area contributed by atoms with Crippen LogP contribution in [0.4, 0.5) is 8.78 Å². The first-order valence-corrected chi connectivity index (χ1v) is 7.72. The number of nitrogens with zero attached hydrogens (tertiary/aromatic N) is 1. The van der Waals surface area contributed by atoms with E-state index in [-0.39, 0.29) is 6.04 Å². The zero-order chi connectivity index (χ0) is 14.8. The number of rotatable bonds is 6. The van der Waals surface area contributed by atoms with Crippen LogP contribution in [0.25, 0.3) is 0 Å². The summed E-state index contributed by atoms with van der Waals surface area (Å²) in [5, 5.41) is 12.9. The predicted octanol–water partition coefficient (Wildman–Crippen LogP) is 3.73. The van der Waals surface area contributed by atoms with Crippen LogP contribution in [-0.4, -0.2) is 17.3 Å². The van der Waals surface area contributed by atoms with Crippen molar-refractivity contribution in [1.29, 1.82) is 5.26 Å². The molecule has 0 radical (unpaired) electrons. The molecule has 1 aliphatic rings. The number of benzene rings is 1. The van der Waals surface area contributed by atoms with Gasteiger partial charge in [0.1, 0.15) is 5.54 Å². The van der Waals surface area contributed by atoms with Crippen molar-refractivity contribution in [3.05, 3.63) is 29.8 Å². The number of thioether (sulfide) groups is 1. The van der Waals surface area contributed by atoms with Crippen molar-refractivity contribution in [2.45, 2.75) is 43.2 Å². The fourth-order valence-corrected chi connectivity index (χ4v) is 3.42. The molecule has 0 aliphatic heterocycles. The Morgan fingerprint density at radius 3 is 2.60 bits per heavy atom. The molecule has 0 saturated heterocycles. The SMILES string of the molecule is CC(C)NC(C#N)(CSc1ccc(F)c(F)c1)C1CC1. The number of hydrogen-bond acceptors (Lipinski definition) is 3. The van der Waals surface area contributed by atoms with E-state index in [1.807, 2.05) is 13.8 Å². The van der Waals surface area contributed by atoms with Gasteiger partial charge in [-0.1, -0.05) is 0 Å². The fraction of sp³-hybridized carbons (Fsp3) is 0.533. The Kier molecular flexibility index (Phi) is 4.66. The average molecular weight is 296 g/mol. The summed E-state index contributed by atoms with van der Waals surface area (Å²) in [5.74, 6) is -0.797. The third-order valence-electron chi connectivity index (χ3n) is 3.38. The molecule has 0 bridgehead atoms. The third kappa shape index (κ3) is 3.50. The van der Waals surface area contributed by atoms with Crippen molar-refractivity contribution in [2.24, 2.45) is 5.92 Å². The number of nitrogens with one attached hydrogen (secondary N) is 1. The Hall–Kier alpha value is -1.12. The van der Waals surface area contributed by atoms with E-state index in [2.05, 4.69) is 11.4 Å². The molecular formula is C15H18F2N2S. The van der Waals surface area contributed by atoms with Gasteiger partial charge in [-0.2, -0.15) is 5.26 Å². The molecule has 0 aromatic heterocycles. The van der Waals surface area contributed by atoms with Gasteiger partial charge in [0.25, 0.3) is 0 Å². The van der Waals surface area contributed by atoms with Gasteiger partial charge in [0.2, 0.25) is 0 Å². The molecule has 108 valence electrons. The topological polar surface area (TPSA) is 35.8 Å². The highest BCUT2D eigenvalue weighted by molar-refractivity contribution is 7.99. The molecule has 20 heavy (non-hydrogen) atoms. The first-order valence-electron chi connectivity index (χ1n) is 6.73. The second-order valence-corrected chi connectivity index (χ2v) is 6.57. The summed E-state index contributed by atoms with van der Waals surface area (Å²) in [6, 6.07) is 6.47. The van der Waals surface area contributed by atoms with Crippen LogP contribution < -0.4 is 5.32 Å². The number of nitriles is 1. The Morgan fingerprint density at radius 1 is 1.40 bits per heavy atom. The Labute approximate surface area is 122 Å². The van der Waals surface area contributed by atoms with Gasteiger partial charge in [0.05, 0.1) is 6.07 Å². The maximum Gasteiger partial charge on any atom is 0.159 e. The van der Waals surface area contributed by atoms with Gasteiger partial charge in [0.15, 0.2) is 11.6 Å². The van der Waals surface area contributed by atoms with E-state index in [0.717, 1.165) is 18.9 Å². The highest BCUT2D eigenvalue weighted by atomic mass is 32.2. The van der Waals surface area contributed by atoms with Crippen LogP contribution in [-0.2, 0) is 0 Å². The van der Waals surface area contributed by atoms with Crippen LogP contribution >= 0.6 is 11.8 Å². The molecule has 0 amide bonds. The lowest BCUT2D eigenvalue weighted by atomic mass is 9.96.